The Kier molecular flexibility index (Phi) is 15.1. The van der Waals surface area contributed by atoms with Gasteiger partial charge in [-0.3, -0.25) is 14.4 Å². The van der Waals surface area contributed by atoms with E-state index < -0.39 is 12.2 Å². The second-order valence-electron chi connectivity index (χ2n) is 9.21. The molecule has 0 aliphatic heterocycles. The Balaban J connectivity index is 1.70. The summed E-state index contributed by atoms with van der Waals surface area (Å²) in [5.41, 5.74) is 2.05. The number of ether oxygens (including phenoxy) is 2. The predicted octanol–water partition coefficient (Wildman–Crippen LogP) is 3.54. The van der Waals surface area contributed by atoms with E-state index in [4.69, 9.17) is 14.3 Å². The van der Waals surface area contributed by atoms with Crippen molar-refractivity contribution < 1.29 is 34.1 Å². The minimum Gasteiger partial charge on any atom is -0.437 e. The van der Waals surface area contributed by atoms with Gasteiger partial charge < -0.3 is 19.7 Å². The zero-order valence-corrected chi connectivity index (χ0v) is 23.2. The van der Waals surface area contributed by atoms with E-state index in [-0.39, 0.29) is 36.8 Å². The number of esters is 1. The minimum absolute atomic E-state index is 0.0659. The third-order valence-corrected chi connectivity index (χ3v) is 7.54. The fourth-order valence-electron chi connectivity index (χ4n) is 4.45. The van der Waals surface area contributed by atoms with Crippen LogP contribution in [0.15, 0.2) is 36.4 Å². The van der Waals surface area contributed by atoms with Crippen molar-refractivity contribution in [2.75, 3.05) is 38.5 Å². The molecule has 0 bridgehead atoms. The Labute approximate surface area is 225 Å². The number of hydrogen-bond acceptors (Lipinski definition) is 9. The number of benzene rings is 1. The molecule has 1 saturated carbocycles. The number of aliphatic hydroxyl groups is 2. The molecule has 1 aromatic carbocycles. The number of thioether (sulfide) groups is 1. The first-order valence-electron chi connectivity index (χ1n) is 13.1. The van der Waals surface area contributed by atoms with Gasteiger partial charge in [-0.1, -0.05) is 50.3 Å². The summed E-state index contributed by atoms with van der Waals surface area (Å²) < 4.78 is 10.3. The van der Waals surface area contributed by atoms with Gasteiger partial charge in [-0.2, -0.15) is 16.8 Å². The molecular formula is C28H43NO7S. The molecule has 0 spiro atoms. The Morgan fingerprint density at radius 2 is 2.00 bits per heavy atom. The largest absolute Gasteiger partial charge is 0.437 e. The molecule has 0 radical (unpaired) electrons. The topological polar surface area (TPSA) is 106 Å². The van der Waals surface area contributed by atoms with Crippen LogP contribution in [0, 0.1) is 11.8 Å². The monoisotopic (exact) mass is 537 g/mol. The smallest absolute Gasteiger partial charge is 0.307 e. The Morgan fingerprint density at radius 1 is 1.24 bits per heavy atom. The van der Waals surface area contributed by atoms with Crippen molar-refractivity contribution >= 4 is 23.5 Å². The first kappa shape index (κ1) is 31.5. The summed E-state index contributed by atoms with van der Waals surface area (Å²) in [6, 6.07) is 7.89. The number of Topliss-reactive ketones (excluding diaryl/α,β-unsaturated/α-hetero) is 1. The molecule has 208 valence electrons. The third-order valence-electron chi connectivity index (χ3n) is 6.44. The van der Waals surface area contributed by atoms with Crippen LogP contribution in [-0.2, 0) is 36.9 Å². The lowest BCUT2D eigenvalue weighted by Crippen LogP contribution is -2.25. The van der Waals surface area contributed by atoms with Crippen molar-refractivity contribution in [1.82, 2.24) is 5.06 Å². The predicted molar refractivity (Wildman–Crippen MR) is 145 cm³/mol. The second kappa shape index (κ2) is 17.7. The van der Waals surface area contributed by atoms with Crippen molar-refractivity contribution in [3.8, 4) is 0 Å². The van der Waals surface area contributed by atoms with Crippen LogP contribution in [0.1, 0.15) is 50.7 Å². The van der Waals surface area contributed by atoms with E-state index in [1.165, 1.54) is 0 Å². The average molecular weight is 538 g/mol. The van der Waals surface area contributed by atoms with Crippen molar-refractivity contribution in [2.24, 2.45) is 11.8 Å². The third kappa shape index (κ3) is 11.7. The van der Waals surface area contributed by atoms with Gasteiger partial charge in [0.15, 0.2) is 0 Å². The SMILES string of the molecule is CCN(CC)OCOC(=O)CCCSCC[C@H]1C(=O)C[C@@H](O)[C@@H]1/C=C/[C@@H](O)Cc1cccc(COC)c1. The lowest BCUT2D eigenvalue weighted by molar-refractivity contribution is -0.220. The highest BCUT2D eigenvalue weighted by atomic mass is 32.2. The highest BCUT2D eigenvalue weighted by Gasteiger charge is 2.39. The first-order valence-corrected chi connectivity index (χ1v) is 14.3. The van der Waals surface area contributed by atoms with E-state index in [1.54, 1.807) is 30.0 Å². The summed E-state index contributed by atoms with van der Waals surface area (Å²) in [5, 5.41) is 22.7. The number of hydroxylamine groups is 2. The molecule has 1 aromatic rings. The van der Waals surface area contributed by atoms with Crippen molar-refractivity contribution in [2.45, 2.75) is 64.8 Å². The van der Waals surface area contributed by atoms with Gasteiger partial charge in [0.2, 0.25) is 6.79 Å². The molecule has 8 nitrogen and oxygen atoms in total. The molecule has 2 N–H and O–H groups in total. The maximum absolute atomic E-state index is 12.5. The fraction of sp³-hybridized carbons (Fsp3) is 0.643. The molecule has 1 aliphatic rings. The second-order valence-corrected chi connectivity index (χ2v) is 10.4. The zero-order chi connectivity index (χ0) is 27.0. The number of ketones is 1. The molecule has 9 heteroatoms. The lowest BCUT2D eigenvalue weighted by Gasteiger charge is -2.18. The van der Waals surface area contributed by atoms with Gasteiger partial charge in [0.1, 0.15) is 5.78 Å². The van der Waals surface area contributed by atoms with Gasteiger partial charge in [-0.05, 0) is 35.5 Å². The van der Waals surface area contributed by atoms with Crippen LogP contribution in [0.3, 0.4) is 0 Å². The summed E-state index contributed by atoms with van der Waals surface area (Å²) in [7, 11) is 1.65. The van der Waals surface area contributed by atoms with Crippen LogP contribution >= 0.6 is 11.8 Å². The molecule has 0 heterocycles. The number of carbonyl (C=O) groups excluding carboxylic acids is 2. The molecule has 0 aromatic heterocycles. The number of aliphatic hydroxyl groups excluding tert-OH is 2. The van der Waals surface area contributed by atoms with E-state index in [9.17, 15) is 19.8 Å². The van der Waals surface area contributed by atoms with Crippen LogP contribution < -0.4 is 0 Å². The zero-order valence-electron chi connectivity index (χ0n) is 22.3. The van der Waals surface area contributed by atoms with E-state index >= 15 is 0 Å². The number of hydrogen-bond donors (Lipinski definition) is 2. The Morgan fingerprint density at radius 3 is 2.73 bits per heavy atom. The van der Waals surface area contributed by atoms with E-state index in [1.807, 2.05) is 44.2 Å². The standard InChI is InChI=1S/C28H43NO7S/c1-4-29(5-2)36-20-35-28(33)10-7-14-37-15-13-25-24(26(31)18-27(25)32)12-11-23(30)17-21-8-6-9-22(16-21)19-34-3/h6,8-9,11-12,16,23-26,30-31H,4-5,7,10,13-15,17-20H2,1-3H3/b12-11+/t23-,24-,25-,26-/m1/s1. The molecule has 0 amide bonds. The van der Waals surface area contributed by atoms with Crippen LogP contribution in [0.5, 0.6) is 0 Å². The first-order chi connectivity index (χ1) is 17.9. The van der Waals surface area contributed by atoms with Crippen molar-refractivity contribution in [3.63, 3.8) is 0 Å². The highest BCUT2D eigenvalue weighted by Crippen LogP contribution is 2.34. The number of rotatable bonds is 18. The molecule has 2 rings (SSSR count). The number of nitrogens with zero attached hydrogens (tertiary/aromatic N) is 1. The Hall–Kier alpha value is -1.75. The van der Waals surface area contributed by atoms with E-state index in [0.29, 0.717) is 32.3 Å². The van der Waals surface area contributed by atoms with Crippen molar-refractivity contribution in [3.05, 3.63) is 47.5 Å². The van der Waals surface area contributed by atoms with Gasteiger partial charge in [-0.25, -0.2) is 0 Å². The van der Waals surface area contributed by atoms with Gasteiger partial charge in [0.05, 0.1) is 18.8 Å². The average Bonchev–Trinajstić information content (AvgIpc) is 3.14. The van der Waals surface area contributed by atoms with Gasteiger partial charge >= 0.3 is 5.97 Å². The molecule has 37 heavy (non-hydrogen) atoms. The summed E-state index contributed by atoms with van der Waals surface area (Å²) in [4.78, 5) is 29.6. The van der Waals surface area contributed by atoms with Crippen LogP contribution in [-0.4, -0.2) is 77.7 Å². The maximum atomic E-state index is 12.5. The minimum atomic E-state index is -0.718. The van der Waals surface area contributed by atoms with Crippen LogP contribution in [0.2, 0.25) is 0 Å². The van der Waals surface area contributed by atoms with Gasteiger partial charge in [0, 0.05) is 51.3 Å². The molecule has 1 fully saturated rings. The lowest BCUT2D eigenvalue weighted by atomic mass is 9.91. The van der Waals surface area contributed by atoms with E-state index in [2.05, 4.69) is 0 Å². The molecule has 0 saturated heterocycles. The molecule has 0 unspecified atom stereocenters. The van der Waals surface area contributed by atoms with E-state index in [0.717, 1.165) is 35.7 Å². The van der Waals surface area contributed by atoms with Crippen molar-refractivity contribution in [1.29, 1.82) is 0 Å². The fourth-order valence-corrected chi connectivity index (χ4v) is 5.42. The summed E-state index contributed by atoms with van der Waals surface area (Å²) >= 11 is 1.69. The Bertz CT molecular complexity index is 846. The number of methoxy groups -OCH3 is 1. The maximum Gasteiger partial charge on any atom is 0.307 e. The molecule has 4 atom stereocenters. The van der Waals surface area contributed by atoms with Gasteiger partial charge in [0.25, 0.3) is 0 Å². The summed E-state index contributed by atoms with van der Waals surface area (Å²) in [5.74, 6) is 0.804. The summed E-state index contributed by atoms with van der Waals surface area (Å²) in [6.07, 6.45) is 4.38. The van der Waals surface area contributed by atoms with Crippen LogP contribution in [0.4, 0.5) is 0 Å². The van der Waals surface area contributed by atoms with Crippen LogP contribution in [0.25, 0.3) is 0 Å². The number of carbonyl (C=O) groups is 2. The molecule has 1 aliphatic carbocycles. The quantitative estimate of drug-likeness (QED) is 0.0956. The normalized spacial score (nSPS) is 20.7. The summed E-state index contributed by atoms with van der Waals surface area (Å²) in [6.45, 7) is 5.85. The van der Waals surface area contributed by atoms with Gasteiger partial charge in [-0.15, -0.1) is 0 Å². The molecular weight excluding hydrogens is 494 g/mol. The highest BCUT2D eigenvalue weighted by molar-refractivity contribution is 7.99.